The van der Waals surface area contributed by atoms with Crippen LogP contribution in [0.3, 0.4) is 0 Å². The van der Waals surface area contributed by atoms with Gasteiger partial charge in [-0.15, -0.1) is 0 Å². The zero-order valence-electron chi connectivity index (χ0n) is 10.4. The van der Waals surface area contributed by atoms with Gasteiger partial charge >= 0.3 is 0 Å². The molecule has 0 bridgehead atoms. The van der Waals surface area contributed by atoms with Crippen LogP contribution >= 0.6 is 0 Å². The molecule has 0 radical (unpaired) electrons. The van der Waals surface area contributed by atoms with Gasteiger partial charge < -0.3 is 5.32 Å². The topological polar surface area (TPSA) is 71.1 Å². The van der Waals surface area contributed by atoms with Gasteiger partial charge in [-0.3, -0.25) is 0 Å². The molecule has 96 valence electrons. The van der Waals surface area contributed by atoms with Crippen LogP contribution in [0.4, 0.5) is 5.82 Å². The number of hydrogen-bond donors (Lipinski definition) is 2. The second-order valence-electron chi connectivity index (χ2n) is 3.97. The summed E-state index contributed by atoms with van der Waals surface area (Å²) in [5, 5.41) is 2.77. The van der Waals surface area contributed by atoms with Crippen LogP contribution in [0.1, 0.15) is 20.3 Å². The van der Waals surface area contributed by atoms with Crippen molar-refractivity contribution >= 4 is 15.8 Å². The lowest BCUT2D eigenvalue weighted by Gasteiger charge is -2.12. The SMILES string of the molecule is CCC(C)CNS(=O)(=O)c1cccnc1NC. The Hall–Kier alpha value is -1.14. The standard InChI is InChI=1S/C11H19N3O2S/c1-4-9(2)8-14-17(15,16)10-6-5-7-13-11(10)12-3/h5-7,9,14H,4,8H2,1-3H3,(H,12,13). The van der Waals surface area contributed by atoms with E-state index in [1.54, 1.807) is 19.3 Å². The van der Waals surface area contributed by atoms with Crippen molar-refractivity contribution in [3.8, 4) is 0 Å². The smallest absolute Gasteiger partial charge is 0.244 e. The minimum Gasteiger partial charge on any atom is -0.372 e. The first-order chi connectivity index (χ1) is 8.01. The summed E-state index contributed by atoms with van der Waals surface area (Å²) in [4.78, 5) is 4.17. The summed E-state index contributed by atoms with van der Waals surface area (Å²) in [6.07, 6.45) is 2.49. The van der Waals surface area contributed by atoms with Crippen LogP contribution in [0.25, 0.3) is 0 Å². The summed E-state index contributed by atoms with van der Waals surface area (Å²) in [5.74, 6) is 0.684. The average molecular weight is 257 g/mol. The van der Waals surface area contributed by atoms with Crippen LogP contribution in [-0.4, -0.2) is 27.0 Å². The minimum atomic E-state index is -3.48. The first kappa shape index (κ1) is 13.9. The van der Waals surface area contributed by atoms with E-state index in [1.807, 2.05) is 13.8 Å². The van der Waals surface area contributed by atoms with Gasteiger partial charge in [-0.2, -0.15) is 0 Å². The van der Waals surface area contributed by atoms with Gasteiger partial charge in [0.1, 0.15) is 10.7 Å². The highest BCUT2D eigenvalue weighted by molar-refractivity contribution is 7.89. The van der Waals surface area contributed by atoms with Crippen molar-refractivity contribution < 1.29 is 8.42 Å². The molecule has 6 heteroatoms. The Labute approximate surface area is 103 Å². The van der Waals surface area contributed by atoms with E-state index < -0.39 is 10.0 Å². The predicted molar refractivity (Wildman–Crippen MR) is 68.4 cm³/mol. The highest BCUT2D eigenvalue weighted by atomic mass is 32.2. The maximum atomic E-state index is 12.0. The van der Waals surface area contributed by atoms with Crippen molar-refractivity contribution in [1.82, 2.24) is 9.71 Å². The number of pyridine rings is 1. The zero-order valence-corrected chi connectivity index (χ0v) is 11.2. The molecule has 0 aliphatic rings. The average Bonchev–Trinajstić information content (AvgIpc) is 2.35. The Bertz CT molecular complexity index is 460. The van der Waals surface area contributed by atoms with Gasteiger partial charge in [-0.1, -0.05) is 20.3 Å². The second-order valence-corrected chi connectivity index (χ2v) is 5.70. The molecule has 1 aromatic heterocycles. The molecule has 17 heavy (non-hydrogen) atoms. The molecule has 1 heterocycles. The maximum Gasteiger partial charge on any atom is 0.244 e. The van der Waals surface area contributed by atoms with Crippen LogP contribution < -0.4 is 10.0 Å². The fourth-order valence-electron chi connectivity index (χ4n) is 1.27. The fourth-order valence-corrected chi connectivity index (χ4v) is 2.60. The normalized spacial score (nSPS) is 13.4. The van der Waals surface area contributed by atoms with Crippen LogP contribution in [-0.2, 0) is 10.0 Å². The molecule has 5 nitrogen and oxygen atoms in total. The third-order valence-corrected chi connectivity index (χ3v) is 4.07. The lowest BCUT2D eigenvalue weighted by Crippen LogP contribution is -2.29. The summed E-state index contributed by atoms with van der Waals surface area (Å²) in [6.45, 7) is 4.48. The molecule has 1 unspecified atom stereocenters. The Morgan fingerprint density at radius 1 is 1.47 bits per heavy atom. The van der Waals surface area contributed by atoms with Gasteiger partial charge in [0.25, 0.3) is 0 Å². The Morgan fingerprint density at radius 3 is 2.76 bits per heavy atom. The largest absolute Gasteiger partial charge is 0.372 e. The Kier molecular flexibility index (Phi) is 4.89. The highest BCUT2D eigenvalue weighted by Gasteiger charge is 2.18. The molecule has 1 atom stereocenters. The van der Waals surface area contributed by atoms with Crippen LogP contribution in [0.5, 0.6) is 0 Å². The van der Waals surface area contributed by atoms with Crippen LogP contribution in [0.15, 0.2) is 23.2 Å². The zero-order chi connectivity index (χ0) is 12.9. The molecule has 0 aliphatic carbocycles. The summed E-state index contributed by atoms with van der Waals surface area (Å²) in [7, 11) is -1.83. The second kappa shape index (κ2) is 5.97. The number of nitrogens with zero attached hydrogens (tertiary/aromatic N) is 1. The Morgan fingerprint density at radius 2 is 2.18 bits per heavy atom. The van der Waals surface area contributed by atoms with Crippen molar-refractivity contribution in [3.63, 3.8) is 0 Å². The van der Waals surface area contributed by atoms with Crippen LogP contribution in [0.2, 0.25) is 0 Å². The lowest BCUT2D eigenvalue weighted by atomic mass is 10.1. The number of sulfonamides is 1. The molecule has 1 aromatic rings. The molecule has 0 amide bonds. The first-order valence-corrected chi connectivity index (χ1v) is 7.12. The third kappa shape index (κ3) is 3.67. The summed E-state index contributed by atoms with van der Waals surface area (Å²) >= 11 is 0. The van der Waals surface area contributed by atoms with Crippen molar-refractivity contribution in [2.75, 3.05) is 18.9 Å². The molecule has 0 saturated heterocycles. The van der Waals surface area contributed by atoms with E-state index >= 15 is 0 Å². The molecular formula is C11H19N3O2S. The number of nitrogens with one attached hydrogen (secondary N) is 2. The quantitative estimate of drug-likeness (QED) is 0.809. The van der Waals surface area contributed by atoms with Gasteiger partial charge in [-0.05, 0) is 18.1 Å². The fraction of sp³-hybridized carbons (Fsp3) is 0.545. The monoisotopic (exact) mass is 257 g/mol. The maximum absolute atomic E-state index is 12.0. The molecule has 0 fully saturated rings. The lowest BCUT2D eigenvalue weighted by molar-refractivity contribution is 0.528. The molecule has 0 spiro atoms. The predicted octanol–water partition coefficient (Wildman–Crippen LogP) is 1.45. The molecular weight excluding hydrogens is 238 g/mol. The van der Waals surface area contributed by atoms with Gasteiger partial charge in [0.2, 0.25) is 10.0 Å². The van der Waals surface area contributed by atoms with E-state index in [4.69, 9.17) is 0 Å². The van der Waals surface area contributed by atoms with Gasteiger partial charge in [-0.25, -0.2) is 18.1 Å². The molecule has 0 aromatic carbocycles. The van der Waals surface area contributed by atoms with Crippen molar-refractivity contribution in [2.24, 2.45) is 5.92 Å². The molecule has 0 saturated carbocycles. The highest BCUT2D eigenvalue weighted by Crippen LogP contribution is 2.17. The van der Waals surface area contributed by atoms with Crippen molar-refractivity contribution in [2.45, 2.75) is 25.2 Å². The van der Waals surface area contributed by atoms with E-state index in [0.717, 1.165) is 6.42 Å². The van der Waals surface area contributed by atoms with Crippen molar-refractivity contribution in [3.05, 3.63) is 18.3 Å². The number of hydrogen-bond acceptors (Lipinski definition) is 4. The van der Waals surface area contributed by atoms with Crippen LogP contribution in [0, 0.1) is 5.92 Å². The number of rotatable bonds is 6. The number of anilines is 1. The molecule has 1 rings (SSSR count). The van der Waals surface area contributed by atoms with Crippen molar-refractivity contribution in [1.29, 1.82) is 0 Å². The van der Waals surface area contributed by atoms with Gasteiger partial charge in [0.05, 0.1) is 0 Å². The minimum absolute atomic E-state index is 0.186. The summed E-state index contributed by atoms with van der Waals surface area (Å²) < 4.78 is 26.7. The van der Waals surface area contributed by atoms with E-state index in [2.05, 4.69) is 15.0 Å². The molecule has 0 aliphatic heterocycles. The van der Waals surface area contributed by atoms with E-state index in [-0.39, 0.29) is 4.90 Å². The van der Waals surface area contributed by atoms with Gasteiger partial charge in [0.15, 0.2) is 0 Å². The van der Waals surface area contributed by atoms with E-state index in [9.17, 15) is 8.42 Å². The van der Waals surface area contributed by atoms with E-state index in [1.165, 1.54) is 6.07 Å². The number of aromatic nitrogens is 1. The van der Waals surface area contributed by atoms with Gasteiger partial charge in [0, 0.05) is 19.8 Å². The summed E-state index contributed by atoms with van der Waals surface area (Å²) in [6, 6.07) is 3.15. The third-order valence-electron chi connectivity index (χ3n) is 2.62. The Balaban J connectivity index is 2.89. The first-order valence-electron chi connectivity index (χ1n) is 5.63. The molecule has 2 N–H and O–H groups in total. The van der Waals surface area contributed by atoms with E-state index in [0.29, 0.717) is 18.3 Å². The summed E-state index contributed by atoms with van der Waals surface area (Å²) in [5.41, 5.74) is 0.